The standard InChI is InChI=1S/C15H21NO5/c1-6-20-14(19)11-8-7-10(2)16(13(11)18)9-12(17)21-15(3,4)5/h7-8H,6,9H2,1-5H3. The van der Waals surface area contributed by atoms with Crippen LogP contribution in [-0.4, -0.2) is 28.7 Å². The highest BCUT2D eigenvalue weighted by atomic mass is 16.6. The number of esters is 2. The van der Waals surface area contributed by atoms with Gasteiger partial charge in [0.25, 0.3) is 5.56 Å². The molecule has 0 unspecified atom stereocenters. The fraction of sp³-hybridized carbons (Fsp3) is 0.533. The van der Waals surface area contributed by atoms with Crippen molar-refractivity contribution < 1.29 is 19.1 Å². The Labute approximate surface area is 123 Å². The first-order valence-corrected chi connectivity index (χ1v) is 6.75. The molecular formula is C15H21NO5. The maximum Gasteiger partial charge on any atom is 0.343 e. The fourth-order valence-electron chi connectivity index (χ4n) is 1.73. The van der Waals surface area contributed by atoms with Crippen molar-refractivity contribution in [2.24, 2.45) is 0 Å². The molecular weight excluding hydrogens is 274 g/mol. The molecule has 0 N–H and O–H groups in total. The second-order valence-electron chi connectivity index (χ2n) is 5.59. The lowest BCUT2D eigenvalue weighted by atomic mass is 10.2. The van der Waals surface area contributed by atoms with Crippen molar-refractivity contribution in [3.8, 4) is 0 Å². The molecule has 1 aromatic heterocycles. The predicted molar refractivity (Wildman–Crippen MR) is 77.2 cm³/mol. The summed E-state index contributed by atoms with van der Waals surface area (Å²) in [4.78, 5) is 35.8. The summed E-state index contributed by atoms with van der Waals surface area (Å²) in [6.07, 6.45) is 0. The van der Waals surface area contributed by atoms with Gasteiger partial charge in [0.05, 0.1) is 6.61 Å². The number of ether oxygens (including phenoxy) is 2. The van der Waals surface area contributed by atoms with Crippen LogP contribution in [0.3, 0.4) is 0 Å². The molecule has 0 bridgehead atoms. The Bertz CT molecular complexity index is 595. The third kappa shape index (κ3) is 4.73. The van der Waals surface area contributed by atoms with Gasteiger partial charge in [0, 0.05) is 5.69 Å². The molecule has 0 aromatic carbocycles. The van der Waals surface area contributed by atoms with Crippen LogP contribution in [0.5, 0.6) is 0 Å². The number of nitrogens with zero attached hydrogens (tertiary/aromatic N) is 1. The molecule has 1 heterocycles. The molecule has 0 aliphatic heterocycles. The first-order valence-electron chi connectivity index (χ1n) is 6.75. The summed E-state index contributed by atoms with van der Waals surface area (Å²) in [5.74, 6) is -1.23. The lowest BCUT2D eigenvalue weighted by molar-refractivity contribution is -0.155. The Morgan fingerprint density at radius 1 is 1.24 bits per heavy atom. The van der Waals surface area contributed by atoms with Gasteiger partial charge in [-0.15, -0.1) is 0 Å². The van der Waals surface area contributed by atoms with Crippen LogP contribution in [0.1, 0.15) is 43.7 Å². The van der Waals surface area contributed by atoms with E-state index in [1.807, 2.05) is 0 Å². The van der Waals surface area contributed by atoms with E-state index in [1.54, 1.807) is 40.7 Å². The maximum absolute atomic E-state index is 12.3. The summed E-state index contributed by atoms with van der Waals surface area (Å²) < 4.78 is 11.2. The van der Waals surface area contributed by atoms with Crippen LogP contribution in [0.4, 0.5) is 0 Å². The van der Waals surface area contributed by atoms with E-state index < -0.39 is 23.1 Å². The molecule has 0 aliphatic carbocycles. The number of carbonyl (C=O) groups excluding carboxylic acids is 2. The highest BCUT2D eigenvalue weighted by molar-refractivity contribution is 5.89. The maximum atomic E-state index is 12.3. The Balaban J connectivity index is 3.08. The van der Waals surface area contributed by atoms with Crippen LogP contribution in [-0.2, 0) is 20.8 Å². The van der Waals surface area contributed by atoms with Gasteiger partial charge in [0.1, 0.15) is 17.7 Å². The van der Waals surface area contributed by atoms with Crippen LogP contribution < -0.4 is 5.56 Å². The zero-order chi connectivity index (χ0) is 16.2. The van der Waals surface area contributed by atoms with E-state index in [2.05, 4.69) is 0 Å². The first kappa shape index (κ1) is 16.9. The third-order valence-electron chi connectivity index (χ3n) is 2.60. The summed E-state index contributed by atoms with van der Waals surface area (Å²) in [7, 11) is 0. The Morgan fingerprint density at radius 3 is 2.38 bits per heavy atom. The molecule has 1 rings (SSSR count). The van der Waals surface area contributed by atoms with Crippen molar-refractivity contribution in [2.45, 2.75) is 46.8 Å². The summed E-state index contributed by atoms with van der Waals surface area (Å²) in [6, 6.07) is 3.00. The van der Waals surface area contributed by atoms with Gasteiger partial charge in [-0.3, -0.25) is 9.59 Å². The van der Waals surface area contributed by atoms with Crippen molar-refractivity contribution in [1.82, 2.24) is 4.57 Å². The molecule has 0 atom stereocenters. The Hall–Kier alpha value is -2.11. The zero-order valence-electron chi connectivity index (χ0n) is 13.1. The van der Waals surface area contributed by atoms with Gasteiger partial charge in [-0.2, -0.15) is 0 Å². The molecule has 0 saturated heterocycles. The minimum absolute atomic E-state index is 0.0917. The Kier molecular flexibility index (Phi) is 5.29. The van der Waals surface area contributed by atoms with Gasteiger partial charge < -0.3 is 14.0 Å². The number of hydrogen-bond donors (Lipinski definition) is 0. The summed E-state index contributed by atoms with van der Waals surface area (Å²) >= 11 is 0. The topological polar surface area (TPSA) is 74.6 Å². The first-order chi connectivity index (χ1) is 9.65. The lowest BCUT2D eigenvalue weighted by Crippen LogP contribution is -2.34. The number of aryl methyl sites for hydroxylation is 1. The van der Waals surface area contributed by atoms with E-state index >= 15 is 0 Å². The lowest BCUT2D eigenvalue weighted by Gasteiger charge is -2.20. The molecule has 116 valence electrons. The van der Waals surface area contributed by atoms with E-state index in [9.17, 15) is 14.4 Å². The summed E-state index contributed by atoms with van der Waals surface area (Å²) in [6.45, 7) is 8.51. The average Bonchev–Trinajstić information content (AvgIpc) is 2.32. The Morgan fingerprint density at radius 2 is 1.86 bits per heavy atom. The minimum atomic E-state index is -0.694. The monoisotopic (exact) mass is 295 g/mol. The molecule has 0 fully saturated rings. The fourth-order valence-corrected chi connectivity index (χ4v) is 1.73. The van der Waals surface area contributed by atoms with Crippen molar-refractivity contribution in [3.05, 3.63) is 33.7 Å². The molecule has 6 nitrogen and oxygen atoms in total. The number of hydrogen-bond acceptors (Lipinski definition) is 5. The van der Waals surface area contributed by atoms with Crippen LogP contribution in [0.2, 0.25) is 0 Å². The second-order valence-corrected chi connectivity index (χ2v) is 5.59. The van der Waals surface area contributed by atoms with Gasteiger partial charge in [0.15, 0.2) is 0 Å². The SMILES string of the molecule is CCOC(=O)c1ccc(C)n(CC(=O)OC(C)(C)C)c1=O. The molecule has 0 amide bonds. The van der Waals surface area contributed by atoms with Crippen LogP contribution in [0.25, 0.3) is 0 Å². The predicted octanol–water partition coefficient (Wildman–Crippen LogP) is 1.68. The molecule has 21 heavy (non-hydrogen) atoms. The number of aromatic nitrogens is 1. The summed E-state index contributed by atoms with van der Waals surface area (Å²) in [5.41, 5.74) is -0.711. The molecule has 6 heteroatoms. The molecule has 0 aliphatic rings. The van der Waals surface area contributed by atoms with E-state index in [1.165, 1.54) is 10.6 Å². The number of carbonyl (C=O) groups is 2. The molecule has 0 spiro atoms. The van der Waals surface area contributed by atoms with Gasteiger partial charge in [-0.25, -0.2) is 4.79 Å². The normalized spacial score (nSPS) is 11.1. The number of pyridine rings is 1. The minimum Gasteiger partial charge on any atom is -0.462 e. The van der Waals surface area contributed by atoms with E-state index in [-0.39, 0.29) is 18.7 Å². The average molecular weight is 295 g/mol. The van der Waals surface area contributed by atoms with Crippen molar-refractivity contribution in [3.63, 3.8) is 0 Å². The highest BCUT2D eigenvalue weighted by Crippen LogP contribution is 2.08. The van der Waals surface area contributed by atoms with Crippen LogP contribution >= 0.6 is 0 Å². The van der Waals surface area contributed by atoms with E-state index in [4.69, 9.17) is 9.47 Å². The smallest absolute Gasteiger partial charge is 0.343 e. The highest BCUT2D eigenvalue weighted by Gasteiger charge is 2.20. The van der Waals surface area contributed by atoms with Crippen LogP contribution in [0, 0.1) is 6.92 Å². The molecule has 0 saturated carbocycles. The quantitative estimate of drug-likeness (QED) is 0.790. The van der Waals surface area contributed by atoms with Crippen molar-refractivity contribution in [1.29, 1.82) is 0 Å². The van der Waals surface area contributed by atoms with Crippen molar-refractivity contribution >= 4 is 11.9 Å². The molecule has 0 radical (unpaired) electrons. The number of rotatable bonds is 4. The van der Waals surface area contributed by atoms with E-state index in [0.29, 0.717) is 5.69 Å². The summed E-state index contributed by atoms with van der Waals surface area (Å²) in [5, 5.41) is 0. The molecule has 1 aromatic rings. The van der Waals surface area contributed by atoms with Gasteiger partial charge in [0.2, 0.25) is 0 Å². The largest absolute Gasteiger partial charge is 0.462 e. The van der Waals surface area contributed by atoms with Gasteiger partial charge in [-0.1, -0.05) is 0 Å². The third-order valence-corrected chi connectivity index (χ3v) is 2.60. The van der Waals surface area contributed by atoms with Crippen LogP contribution in [0.15, 0.2) is 16.9 Å². The van der Waals surface area contributed by atoms with Gasteiger partial charge in [-0.05, 0) is 46.8 Å². The van der Waals surface area contributed by atoms with E-state index in [0.717, 1.165) is 0 Å². The van der Waals surface area contributed by atoms with Gasteiger partial charge >= 0.3 is 11.9 Å². The zero-order valence-corrected chi connectivity index (χ0v) is 13.1. The second kappa shape index (κ2) is 6.56. The van der Waals surface area contributed by atoms with Crippen molar-refractivity contribution in [2.75, 3.05) is 6.61 Å².